The first-order valence-electron chi connectivity index (χ1n) is 11.3. The van der Waals surface area contributed by atoms with Gasteiger partial charge in [-0.2, -0.15) is 0 Å². The van der Waals surface area contributed by atoms with Crippen LogP contribution in [0.2, 0.25) is 0 Å². The van der Waals surface area contributed by atoms with E-state index < -0.39 is 10.8 Å². The molecule has 6 N–H and O–H groups in total. The number of nitrogens with zero attached hydrogens (tertiary/aromatic N) is 2. The number of thioether (sulfide) groups is 1. The zero-order valence-corrected chi connectivity index (χ0v) is 19.6. The number of primary amides is 1. The molecule has 0 bridgehead atoms. The smallest absolute Gasteiger partial charge is 0.322 e. The van der Waals surface area contributed by atoms with Crippen LogP contribution < -0.4 is 27.0 Å². The SMILES string of the molecule is NC(=O)C1(c2ccccc2N)NC2=C(CN(C(=O)Nc3cccc(N4CCOCC4)c3)CC2)S1. The molecule has 0 radical (unpaired) electrons. The van der Waals surface area contributed by atoms with Crippen molar-refractivity contribution in [1.82, 2.24) is 10.2 Å². The van der Waals surface area contributed by atoms with E-state index in [2.05, 4.69) is 15.5 Å². The molecule has 1 unspecified atom stereocenters. The van der Waals surface area contributed by atoms with Crippen LogP contribution in [0.5, 0.6) is 0 Å². The Kier molecular flexibility index (Phi) is 6.01. The number of anilines is 3. The second kappa shape index (κ2) is 9.11. The Bertz CT molecular complexity index is 1150. The van der Waals surface area contributed by atoms with Crippen molar-refractivity contribution in [3.05, 3.63) is 64.7 Å². The molecule has 1 saturated heterocycles. The van der Waals surface area contributed by atoms with E-state index in [1.54, 1.807) is 11.0 Å². The van der Waals surface area contributed by atoms with Gasteiger partial charge in [-0.1, -0.05) is 36.0 Å². The Morgan fingerprint density at radius 3 is 2.65 bits per heavy atom. The molecule has 9 nitrogen and oxygen atoms in total. The number of morpholine rings is 1. The predicted molar refractivity (Wildman–Crippen MR) is 134 cm³/mol. The maximum atomic E-state index is 13.1. The predicted octanol–water partition coefficient (Wildman–Crippen LogP) is 2.23. The lowest BCUT2D eigenvalue weighted by molar-refractivity contribution is -0.121. The number of nitrogens with two attached hydrogens (primary N) is 2. The standard InChI is InChI=1S/C24H28N6O3S/c25-19-7-2-1-6-18(19)24(22(26)31)28-20-8-9-30(15-21(20)34-24)23(32)27-16-4-3-5-17(14-16)29-10-12-33-13-11-29/h1-7,14,28H,8-13,15,25H2,(H2,26,31)(H,27,32). The number of nitrogen functional groups attached to an aromatic ring is 1. The number of hydrogen-bond donors (Lipinski definition) is 4. The van der Waals surface area contributed by atoms with Crippen LogP contribution in [0, 0.1) is 0 Å². The molecule has 0 aliphatic carbocycles. The van der Waals surface area contributed by atoms with Crippen molar-refractivity contribution in [2.75, 3.05) is 55.3 Å². The molecule has 0 saturated carbocycles. The monoisotopic (exact) mass is 480 g/mol. The molecule has 178 valence electrons. The van der Waals surface area contributed by atoms with Gasteiger partial charge >= 0.3 is 6.03 Å². The van der Waals surface area contributed by atoms with Crippen molar-refractivity contribution in [1.29, 1.82) is 0 Å². The van der Waals surface area contributed by atoms with E-state index in [0.717, 1.165) is 35.1 Å². The number of rotatable bonds is 4. The van der Waals surface area contributed by atoms with Gasteiger partial charge in [0.05, 0.1) is 19.8 Å². The molecule has 34 heavy (non-hydrogen) atoms. The normalized spacial score (nSPS) is 22.2. The molecular weight excluding hydrogens is 452 g/mol. The molecule has 3 aliphatic rings. The highest BCUT2D eigenvalue weighted by Crippen LogP contribution is 2.49. The van der Waals surface area contributed by atoms with Gasteiger partial charge in [-0.3, -0.25) is 4.79 Å². The fourth-order valence-electron chi connectivity index (χ4n) is 4.55. The Labute approximate surface area is 202 Å². The van der Waals surface area contributed by atoms with Gasteiger partial charge in [0.15, 0.2) is 4.87 Å². The highest BCUT2D eigenvalue weighted by molar-refractivity contribution is 8.05. The van der Waals surface area contributed by atoms with E-state index in [1.807, 2.05) is 42.5 Å². The van der Waals surface area contributed by atoms with E-state index in [9.17, 15) is 9.59 Å². The molecule has 1 atom stereocenters. The van der Waals surface area contributed by atoms with Gasteiger partial charge in [-0.25, -0.2) is 4.79 Å². The molecule has 3 aliphatic heterocycles. The first kappa shape index (κ1) is 22.4. The lowest BCUT2D eigenvalue weighted by Gasteiger charge is -2.30. The van der Waals surface area contributed by atoms with Crippen molar-refractivity contribution >= 4 is 40.8 Å². The van der Waals surface area contributed by atoms with Crippen molar-refractivity contribution in [3.8, 4) is 0 Å². The number of benzene rings is 2. The fraction of sp³-hybridized carbons (Fsp3) is 0.333. The number of nitrogens with one attached hydrogen (secondary N) is 2. The third-order valence-corrected chi connectivity index (χ3v) is 7.81. The molecule has 1 fully saturated rings. The summed E-state index contributed by atoms with van der Waals surface area (Å²) < 4.78 is 5.43. The first-order chi connectivity index (χ1) is 16.5. The van der Waals surface area contributed by atoms with Crippen LogP contribution in [0.15, 0.2) is 59.1 Å². The van der Waals surface area contributed by atoms with Gasteiger partial charge in [0.2, 0.25) is 0 Å². The summed E-state index contributed by atoms with van der Waals surface area (Å²) in [5, 5.41) is 6.35. The summed E-state index contributed by atoms with van der Waals surface area (Å²) in [5.74, 6) is -0.513. The molecule has 2 aromatic rings. The summed E-state index contributed by atoms with van der Waals surface area (Å²) in [4.78, 5) is 29.4. The molecule has 0 spiro atoms. The van der Waals surface area contributed by atoms with E-state index in [1.165, 1.54) is 11.8 Å². The number of carbonyl (C=O) groups excluding carboxylic acids is 2. The van der Waals surface area contributed by atoms with Crippen molar-refractivity contribution in [2.24, 2.45) is 5.73 Å². The largest absolute Gasteiger partial charge is 0.398 e. The molecule has 0 aromatic heterocycles. The highest BCUT2D eigenvalue weighted by Gasteiger charge is 2.48. The number of para-hydroxylation sites is 1. The minimum Gasteiger partial charge on any atom is -0.398 e. The van der Waals surface area contributed by atoms with E-state index in [-0.39, 0.29) is 6.03 Å². The molecule has 3 amide bonds. The molecule has 2 aromatic carbocycles. The number of amides is 3. The minimum absolute atomic E-state index is 0.179. The van der Waals surface area contributed by atoms with Gasteiger partial charge in [-0.05, 0) is 24.3 Å². The first-order valence-corrected chi connectivity index (χ1v) is 12.1. The van der Waals surface area contributed by atoms with E-state index in [0.29, 0.717) is 44.0 Å². The van der Waals surface area contributed by atoms with Crippen LogP contribution in [0.3, 0.4) is 0 Å². The molecule has 5 rings (SSSR count). The zero-order valence-electron chi connectivity index (χ0n) is 18.8. The number of carbonyl (C=O) groups is 2. The number of urea groups is 1. The van der Waals surface area contributed by atoms with Gasteiger partial charge in [-0.15, -0.1) is 0 Å². The Morgan fingerprint density at radius 2 is 1.88 bits per heavy atom. The maximum absolute atomic E-state index is 13.1. The average molecular weight is 481 g/mol. The van der Waals surface area contributed by atoms with Crippen LogP contribution >= 0.6 is 11.8 Å². The zero-order chi connectivity index (χ0) is 23.7. The highest BCUT2D eigenvalue weighted by atomic mass is 32.2. The quantitative estimate of drug-likeness (QED) is 0.495. The summed E-state index contributed by atoms with van der Waals surface area (Å²) >= 11 is 1.34. The summed E-state index contributed by atoms with van der Waals surface area (Å²) in [6.07, 6.45) is 0.603. The summed E-state index contributed by atoms with van der Waals surface area (Å²) in [5.41, 5.74) is 15.9. The van der Waals surface area contributed by atoms with Crippen LogP contribution in [0.25, 0.3) is 0 Å². The van der Waals surface area contributed by atoms with Crippen LogP contribution in [-0.4, -0.2) is 56.2 Å². The lowest BCUT2D eigenvalue weighted by atomic mass is 10.0. The second-order valence-electron chi connectivity index (χ2n) is 8.51. The van der Waals surface area contributed by atoms with Crippen LogP contribution in [-0.2, 0) is 14.4 Å². The average Bonchev–Trinajstić information content (AvgIpc) is 3.25. The topological polar surface area (TPSA) is 126 Å². The minimum atomic E-state index is -1.17. The third-order valence-electron chi connectivity index (χ3n) is 6.35. The Morgan fingerprint density at radius 1 is 1.09 bits per heavy atom. The van der Waals surface area contributed by atoms with Crippen molar-refractivity contribution in [3.63, 3.8) is 0 Å². The fourth-order valence-corrected chi connectivity index (χ4v) is 5.98. The van der Waals surface area contributed by atoms with Crippen LogP contribution in [0.1, 0.15) is 12.0 Å². The van der Waals surface area contributed by atoms with Crippen molar-refractivity contribution < 1.29 is 14.3 Å². The van der Waals surface area contributed by atoms with Gasteiger partial charge in [0.25, 0.3) is 5.91 Å². The lowest BCUT2D eigenvalue weighted by Crippen LogP contribution is -2.47. The van der Waals surface area contributed by atoms with E-state index >= 15 is 0 Å². The number of hydrogen-bond acceptors (Lipinski definition) is 7. The van der Waals surface area contributed by atoms with Gasteiger partial charge < -0.3 is 36.6 Å². The third kappa shape index (κ3) is 4.14. The Balaban J connectivity index is 1.28. The second-order valence-corrected chi connectivity index (χ2v) is 9.82. The molecule has 3 heterocycles. The van der Waals surface area contributed by atoms with Crippen molar-refractivity contribution in [2.45, 2.75) is 11.3 Å². The Hall–Kier alpha value is -3.37. The van der Waals surface area contributed by atoms with E-state index in [4.69, 9.17) is 16.2 Å². The number of ether oxygens (including phenoxy) is 1. The molecular formula is C24H28N6O3S. The summed E-state index contributed by atoms with van der Waals surface area (Å²) in [7, 11) is 0. The molecule has 10 heteroatoms. The maximum Gasteiger partial charge on any atom is 0.322 e. The van der Waals surface area contributed by atoms with Crippen LogP contribution in [0.4, 0.5) is 21.9 Å². The van der Waals surface area contributed by atoms with Gasteiger partial charge in [0, 0.05) is 59.3 Å². The summed E-state index contributed by atoms with van der Waals surface area (Å²) in [6, 6.07) is 14.9. The van der Waals surface area contributed by atoms with Gasteiger partial charge in [0.1, 0.15) is 0 Å². The summed E-state index contributed by atoms with van der Waals surface area (Å²) in [6.45, 7) is 3.99.